The maximum atomic E-state index is 14.6. The fraction of sp³-hybridized carbons (Fsp3) is 0.250. The predicted octanol–water partition coefficient (Wildman–Crippen LogP) is 4.78. The fourth-order valence-electron chi connectivity index (χ4n) is 2.86. The number of carboxylic acids is 1. The van der Waals surface area contributed by atoms with Crippen LogP contribution in [0.5, 0.6) is 0 Å². The first-order chi connectivity index (χ1) is 12.2. The number of rotatable bonds is 3. The molecule has 2 aromatic carbocycles. The molecule has 3 rings (SSSR count). The lowest BCUT2D eigenvalue weighted by Crippen LogP contribution is -2.00. The molecular formula is C20H19FN2O3. The summed E-state index contributed by atoms with van der Waals surface area (Å²) in [7, 11) is 0. The minimum absolute atomic E-state index is 0.0708. The Kier molecular flexibility index (Phi) is 4.36. The Hall–Kier alpha value is -3.02. The van der Waals surface area contributed by atoms with Crippen LogP contribution in [0.25, 0.3) is 22.8 Å². The van der Waals surface area contributed by atoms with Gasteiger partial charge in [-0.05, 0) is 80.6 Å². The molecule has 0 atom stereocenters. The Labute approximate surface area is 150 Å². The summed E-state index contributed by atoms with van der Waals surface area (Å²) in [6.45, 7) is 9.14. The quantitative estimate of drug-likeness (QED) is 0.732. The van der Waals surface area contributed by atoms with Crippen molar-refractivity contribution in [3.05, 3.63) is 57.4 Å². The summed E-state index contributed by atoms with van der Waals surface area (Å²) in [6.07, 6.45) is 0. The van der Waals surface area contributed by atoms with Crippen molar-refractivity contribution in [2.45, 2.75) is 34.6 Å². The van der Waals surface area contributed by atoms with Crippen LogP contribution >= 0.6 is 0 Å². The third kappa shape index (κ3) is 2.87. The molecule has 0 radical (unpaired) electrons. The van der Waals surface area contributed by atoms with Crippen LogP contribution in [0.15, 0.2) is 22.7 Å². The molecule has 0 bridgehead atoms. The third-order valence-electron chi connectivity index (χ3n) is 4.89. The maximum Gasteiger partial charge on any atom is 0.335 e. The molecule has 0 aliphatic heterocycles. The molecule has 0 saturated heterocycles. The Morgan fingerprint density at radius 1 is 0.962 bits per heavy atom. The van der Waals surface area contributed by atoms with Gasteiger partial charge in [0, 0.05) is 5.56 Å². The highest BCUT2D eigenvalue weighted by Crippen LogP contribution is 2.31. The van der Waals surface area contributed by atoms with E-state index in [2.05, 4.69) is 10.1 Å². The second-order valence-corrected chi connectivity index (χ2v) is 6.50. The normalized spacial score (nSPS) is 11.0. The largest absolute Gasteiger partial charge is 0.478 e. The molecule has 1 heterocycles. The molecule has 134 valence electrons. The summed E-state index contributed by atoms with van der Waals surface area (Å²) in [5, 5.41) is 13.2. The van der Waals surface area contributed by atoms with Crippen molar-refractivity contribution < 1.29 is 18.8 Å². The number of benzene rings is 2. The lowest BCUT2D eigenvalue weighted by Gasteiger charge is -2.09. The van der Waals surface area contributed by atoms with Gasteiger partial charge in [-0.3, -0.25) is 0 Å². The number of hydrogen-bond acceptors (Lipinski definition) is 4. The fourth-order valence-corrected chi connectivity index (χ4v) is 2.86. The van der Waals surface area contributed by atoms with Gasteiger partial charge in [0.1, 0.15) is 5.82 Å². The Bertz CT molecular complexity index is 1040. The lowest BCUT2D eigenvalue weighted by molar-refractivity contribution is 0.0697. The van der Waals surface area contributed by atoms with Crippen molar-refractivity contribution in [1.82, 2.24) is 10.1 Å². The summed E-state index contributed by atoms with van der Waals surface area (Å²) in [5.41, 5.74) is 4.94. The van der Waals surface area contributed by atoms with E-state index in [0.717, 1.165) is 22.3 Å². The van der Waals surface area contributed by atoms with E-state index in [-0.39, 0.29) is 22.8 Å². The number of aromatic carboxylic acids is 1. The van der Waals surface area contributed by atoms with Gasteiger partial charge in [0.05, 0.1) is 11.1 Å². The van der Waals surface area contributed by atoms with Gasteiger partial charge in [0.15, 0.2) is 0 Å². The molecular weight excluding hydrogens is 335 g/mol. The molecule has 0 saturated carbocycles. The van der Waals surface area contributed by atoms with E-state index in [9.17, 15) is 14.3 Å². The summed E-state index contributed by atoms with van der Waals surface area (Å²) < 4.78 is 19.9. The first kappa shape index (κ1) is 17.8. The Balaban J connectivity index is 2.14. The molecule has 1 N–H and O–H groups in total. The van der Waals surface area contributed by atoms with Crippen molar-refractivity contribution in [1.29, 1.82) is 0 Å². The van der Waals surface area contributed by atoms with Crippen LogP contribution in [0.1, 0.15) is 38.2 Å². The van der Waals surface area contributed by atoms with E-state index in [1.54, 1.807) is 19.1 Å². The van der Waals surface area contributed by atoms with E-state index in [0.29, 0.717) is 11.1 Å². The summed E-state index contributed by atoms with van der Waals surface area (Å²) in [4.78, 5) is 15.6. The van der Waals surface area contributed by atoms with Crippen LogP contribution in [0.4, 0.5) is 4.39 Å². The molecule has 0 unspecified atom stereocenters. The first-order valence-electron chi connectivity index (χ1n) is 8.16. The second-order valence-electron chi connectivity index (χ2n) is 6.50. The number of hydrogen-bond donors (Lipinski definition) is 1. The van der Waals surface area contributed by atoms with Crippen LogP contribution in [-0.2, 0) is 0 Å². The predicted molar refractivity (Wildman–Crippen MR) is 95.8 cm³/mol. The van der Waals surface area contributed by atoms with Crippen molar-refractivity contribution in [2.24, 2.45) is 0 Å². The number of aryl methyl sites for hydroxylation is 2. The van der Waals surface area contributed by atoms with Crippen LogP contribution in [0.2, 0.25) is 0 Å². The number of nitrogens with zero attached hydrogens (tertiary/aromatic N) is 2. The molecule has 0 aliphatic carbocycles. The molecule has 0 amide bonds. The highest BCUT2D eigenvalue weighted by atomic mass is 19.1. The van der Waals surface area contributed by atoms with Crippen LogP contribution < -0.4 is 0 Å². The van der Waals surface area contributed by atoms with Gasteiger partial charge in [-0.25, -0.2) is 9.18 Å². The smallest absolute Gasteiger partial charge is 0.335 e. The lowest BCUT2D eigenvalue weighted by atomic mass is 9.98. The zero-order chi connectivity index (χ0) is 19.2. The standard InChI is InChI=1S/C20H19FN2O3/c1-9-6-14(20(24)25)8-15(12(9)4)18-22-19(26-23-18)16-7-10(2)11(3)13(5)17(16)21/h6-8H,1-5H3,(H,24,25). The van der Waals surface area contributed by atoms with Crippen molar-refractivity contribution >= 4 is 5.97 Å². The van der Waals surface area contributed by atoms with Crippen LogP contribution in [0, 0.1) is 40.4 Å². The maximum absolute atomic E-state index is 14.6. The molecule has 0 spiro atoms. The van der Waals surface area contributed by atoms with Gasteiger partial charge < -0.3 is 9.63 Å². The van der Waals surface area contributed by atoms with Crippen LogP contribution in [-0.4, -0.2) is 21.2 Å². The number of carbonyl (C=O) groups is 1. The first-order valence-corrected chi connectivity index (χ1v) is 8.16. The minimum atomic E-state index is -1.03. The number of carboxylic acid groups (broad SMARTS) is 1. The number of aromatic nitrogens is 2. The highest BCUT2D eigenvalue weighted by Gasteiger charge is 2.20. The molecule has 1 aromatic heterocycles. The minimum Gasteiger partial charge on any atom is -0.478 e. The van der Waals surface area contributed by atoms with Crippen molar-refractivity contribution in [2.75, 3.05) is 0 Å². The van der Waals surface area contributed by atoms with Gasteiger partial charge in [0.25, 0.3) is 5.89 Å². The molecule has 6 heteroatoms. The van der Waals surface area contributed by atoms with Gasteiger partial charge in [-0.15, -0.1) is 0 Å². The van der Waals surface area contributed by atoms with Crippen molar-refractivity contribution in [3.63, 3.8) is 0 Å². The molecule has 5 nitrogen and oxygen atoms in total. The van der Waals surface area contributed by atoms with Crippen LogP contribution in [0.3, 0.4) is 0 Å². The topological polar surface area (TPSA) is 76.2 Å². The van der Waals surface area contributed by atoms with Gasteiger partial charge in [-0.2, -0.15) is 4.98 Å². The summed E-state index contributed by atoms with van der Waals surface area (Å²) in [5.74, 6) is -1.12. The van der Waals surface area contributed by atoms with E-state index < -0.39 is 11.8 Å². The molecule has 3 aromatic rings. The average molecular weight is 354 g/mol. The summed E-state index contributed by atoms with van der Waals surface area (Å²) in [6, 6.07) is 4.77. The molecule has 0 fully saturated rings. The highest BCUT2D eigenvalue weighted by molar-refractivity contribution is 5.90. The Morgan fingerprint density at radius 3 is 2.27 bits per heavy atom. The molecule has 26 heavy (non-hydrogen) atoms. The van der Waals surface area contributed by atoms with Gasteiger partial charge in [0.2, 0.25) is 5.82 Å². The second kappa shape index (κ2) is 6.37. The van der Waals surface area contributed by atoms with E-state index >= 15 is 0 Å². The van der Waals surface area contributed by atoms with Gasteiger partial charge in [-0.1, -0.05) is 5.16 Å². The van der Waals surface area contributed by atoms with E-state index in [1.807, 2.05) is 27.7 Å². The number of halogens is 1. The zero-order valence-electron chi connectivity index (χ0n) is 15.3. The third-order valence-corrected chi connectivity index (χ3v) is 4.89. The van der Waals surface area contributed by atoms with Crippen molar-refractivity contribution in [3.8, 4) is 22.8 Å². The Morgan fingerprint density at radius 2 is 1.62 bits per heavy atom. The monoisotopic (exact) mass is 354 g/mol. The SMILES string of the molecule is Cc1cc(C(=O)O)cc(-c2noc(-c3cc(C)c(C)c(C)c3F)n2)c1C. The summed E-state index contributed by atoms with van der Waals surface area (Å²) >= 11 is 0. The average Bonchev–Trinajstić information content (AvgIpc) is 3.07. The molecule has 0 aliphatic rings. The van der Waals surface area contributed by atoms with Gasteiger partial charge >= 0.3 is 5.97 Å². The van der Waals surface area contributed by atoms with E-state index in [1.165, 1.54) is 6.07 Å². The van der Waals surface area contributed by atoms with E-state index in [4.69, 9.17) is 4.52 Å². The zero-order valence-corrected chi connectivity index (χ0v) is 15.3.